The summed E-state index contributed by atoms with van der Waals surface area (Å²) in [5, 5.41) is 6.53. The van der Waals surface area contributed by atoms with E-state index >= 15 is 0 Å². The van der Waals surface area contributed by atoms with Crippen molar-refractivity contribution in [2.45, 2.75) is 0 Å². The average Bonchev–Trinajstić information content (AvgIpc) is 3.96. The molecule has 12 rings (SSSR count). The molecule has 4 heterocycles. The lowest BCUT2D eigenvalue weighted by atomic mass is 9.97. The molecular weight excluding hydrogens is 701 g/mol. The fourth-order valence-electron chi connectivity index (χ4n) is 8.50. The molecule has 0 radical (unpaired) electrons. The van der Waals surface area contributed by atoms with E-state index in [2.05, 4.69) is 108 Å². The highest BCUT2D eigenvalue weighted by atomic mass is 16.3. The number of nitrogens with zero attached hydrogens (tertiary/aromatic N) is 4. The van der Waals surface area contributed by atoms with Gasteiger partial charge in [-0.3, -0.25) is 0 Å². The van der Waals surface area contributed by atoms with Crippen molar-refractivity contribution < 1.29 is 8.83 Å². The Bertz CT molecular complexity index is 3410. The summed E-state index contributed by atoms with van der Waals surface area (Å²) in [6.45, 7) is 0. The van der Waals surface area contributed by atoms with Crippen LogP contribution in [0.5, 0.6) is 0 Å². The Kier molecular flexibility index (Phi) is 6.83. The fourth-order valence-corrected chi connectivity index (χ4v) is 8.50. The summed E-state index contributed by atoms with van der Waals surface area (Å²) in [7, 11) is 0. The quantitative estimate of drug-likeness (QED) is 0.176. The van der Waals surface area contributed by atoms with Gasteiger partial charge >= 0.3 is 0 Å². The molecule has 0 spiro atoms. The molecular formula is C51H30N4O2. The first-order valence-electron chi connectivity index (χ1n) is 19.0. The molecule has 57 heavy (non-hydrogen) atoms. The molecule has 0 saturated carbocycles. The molecule has 0 fully saturated rings. The van der Waals surface area contributed by atoms with Gasteiger partial charge in [0.15, 0.2) is 23.1 Å². The maximum atomic E-state index is 7.05. The van der Waals surface area contributed by atoms with Gasteiger partial charge in [-0.05, 0) is 48.0 Å². The van der Waals surface area contributed by atoms with Crippen molar-refractivity contribution in [2.75, 3.05) is 0 Å². The van der Waals surface area contributed by atoms with Gasteiger partial charge in [0, 0.05) is 54.6 Å². The summed E-state index contributed by atoms with van der Waals surface area (Å²) in [5.74, 6) is 1.83. The molecule has 12 aromatic rings. The summed E-state index contributed by atoms with van der Waals surface area (Å²) in [5.41, 5.74) is 11.3. The van der Waals surface area contributed by atoms with E-state index in [0.717, 1.165) is 88.4 Å². The zero-order valence-corrected chi connectivity index (χ0v) is 30.4. The number of fused-ring (bicyclic) bond motifs is 9. The molecule has 0 amide bonds. The van der Waals surface area contributed by atoms with Gasteiger partial charge in [-0.2, -0.15) is 0 Å². The number of benzene rings is 8. The van der Waals surface area contributed by atoms with E-state index in [1.807, 2.05) is 78.9 Å². The second kappa shape index (κ2) is 12.3. The van der Waals surface area contributed by atoms with E-state index in [1.165, 1.54) is 10.8 Å². The molecule has 0 atom stereocenters. The normalized spacial score (nSPS) is 11.9. The van der Waals surface area contributed by atoms with E-state index in [-0.39, 0.29) is 0 Å². The Morgan fingerprint density at radius 1 is 0.351 bits per heavy atom. The van der Waals surface area contributed by atoms with Crippen molar-refractivity contribution in [1.82, 2.24) is 19.5 Å². The molecule has 0 aliphatic carbocycles. The van der Waals surface area contributed by atoms with Crippen LogP contribution in [0.4, 0.5) is 0 Å². The molecule has 0 bridgehead atoms. The van der Waals surface area contributed by atoms with E-state index in [9.17, 15) is 0 Å². The van der Waals surface area contributed by atoms with E-state index in [4.69, 9.17) is 23.8 Å². The third-order valence-corrected chi connectivity index (χ3v) is 11.1. The molecule has 0 unspecified atom stereocenters. The Hall–Kier alpha value is -7.83. The summed E-state index contributed by atoms with van der Waals surface area (Å²) in [6, 6.07) is 62.5. The van der Waals surface area contributed by atoms with Gasteiger partial charge < -0.3 is 13.4 Å². The van der Waals surface area contributed by atoms with Crippen LogP contribution in [0, 0.1) is 0 Å². The highest BCUT2D eigenvalue weighted by Gasteiger charge is 2.22. The maximum Gasteiger partial charge on any atom is 0.164 e. The Morgan fingerprint density at radius 2 is 0.895 bits per heavy atom. The minimum absolute atomic E-state index is 0.591. The van der Waals surface area contributed by atoms with Crippen LogP contribution in [-0.2, 0) is 0 Å². The molecule has 0 aliphatic rings. The Morgan fingerprint density at radius 3 is 1.58 bits per heavy atom. The molecule has 0 aliphatic heterocycles. The lowest BCUT2D eigenvalue weighted by Gasteiger charge is -2.09. The molecule has 4 aromatic heterocycles. The summed E-state index contributed by atoms with van der Waals surface area (Å²) < 4.78 is 15.9. The lowest BCUT2D eigenvalue weighted by Crippen LogP contribution is -2.00. The molecule has 6 nitrogen and oxygen atoms in total. The van der Waals surface area contributed by atoms with Crippen molar-refractivity contribution >= 4 is 65.7 Å². The molecule has 266 valence electrons. The number of hydrogen-bond donors (Lipinski definition) is 0. The highest BCUT2D eigenvalue weighted by molar-refractivity contribution is 6.19. The number of furan rings is 2. The molecule has 0 N–H and O–H groups in total. The van der Waals surface area contributed by atoms with Crippen LogP contribution in [0.25, 0.3) is 117 Å². The van der Waals surface area contributed by atoms with Gasteiger partial charge in [0.05, 0.1) is 16.7 Å². The van der Waals surface area contributed by atoms with E-state index in [1.54, 1.807) is 0 Å². The van der Waals surface area contributed by atoms with Gasteiger partial charge in [0.25, 0.3) is 0 Å². The highest BCUT2D eigenvalue weighted by Crippen LogP contribution is 2.44. The molecule has 6 heteroatoms. The van der Waals surface area contributed by atoms with Crippen LogP contribution in [-0.4, -0.2) is 19.5 Å². The fraction of sp³-hybridized carbons (Fsp3) is 0. The van der Waals surface area contributed by atoms with Crippen molar-refractivity contribution in [1.29, 1.82) is 0 Å². The smallest absolute Gasteiger partial charge is 0.164 e. The summed E-state index contributed by atoms with van der Waals surface area (Å²) in [4.78, 5) is 14.9. The van der Waals surface area contributed by atoms with Crippen molar-refractivity contribution in [3.05, 3.63) is 182 Å². The third-order valence-electron chi connectivity index (χ3n) is 11.1. The second-order valence-corrected chi connectivity index (χ2v) is 14.3. The van der Waals surface area contributed by atoms with Gasteiger partial charge in [-0.1, -0.05) is 140 Å². The lowest BCUT2D eigenvalue weighted by molar-refractivity contribution is 0.667. The monoisotopic (exact) mass is 730 g/mol. The number of para-hydroxylation sites is 4. The van der Waals surface area contributed by atoms with Gasteiger partial charge in [-0.15, -0.1) is 0 Å². The summed E-state index contributed by atoms with van der Waals surface area (Å²) >= 11 is 0. The SMILES string of the molecule is c1ccc(-c2nc(-c3ccccc3)nc(-c3ccc4oc5cccc(-c6cccc7c6oc6c(-n8c9ccccc9c9ccccc98)cccc67)c5c4c3)n2)cc1. The average molecular weight is 731 g/mol. The Labute approximate surface area is 325 Å². The third kappa shape index (κ3) is 4.87. The van der Waals surface area contributed by atoms with Crippen LogP contribution >= 0.6 is 0 Å². The van der Waals surface area contributed by atoms with Gasteiger partial charge in [-0.25, -0.2) is 15.0 Å². The first-order chi connectivity index (χ1) is 28.3. The zero-order chi connectivity index (χ0) is 37.5. The van der Waals surface area contributed by atoms with Crippen LogP contribution < -0.4 is 0 Å². The van der Waals surface area contributed by atoms with Crippen molar-refractivity contribution in [3.63, 3.8) is 0 Å². The second-order valence-electron chi connectivity index (χ2n) is 14.3. The summed E-state index contributed by atoms with van der Waals surface area (Å²) in [6.07, 6.45) is 0. The number of hydrogen-bond acceptors (Lipinski definition) is 5. The van der Waals surface area contributed by atoms with Crippen molar-refractivity contribution in [3.8, 4) is 51.0 Å². The predicted molar refractivity (Wildman–Crippen MR) is 230 cm³/mol. The molecule has 0 saturated heterocycles. The van der Waals surface area contributed by atoms with Crippen LogP contribution in [0.3, 0.4) is 0 Å². The zero-order valence-electron chi connectivity index (χ0n) is 30.4. The standard InChI is InChI=1S/C51H30N4O2/c1-3-14-31(15-4-1)49-52-50(32-16-5-2-6-17-32)54-51(53-49)33-28-29-44-40(30-33)46-36(20-13-27-45(46)56-44)37-21-11-22-38-39-23-12-26-43(48(39)57-47(37)38)55-41-24-9-7-18-34(41)35-19-8-10-25-42(35)55/h1-30H. The minimum Gasteiger partial charge on any atom is -0.456 e. The number of aromatic nitrogens is 4. The van der Waals surface area contributed by atoms with Crippen molar-refractivity contribution in [2.24, 2.45) is 0 Å². The first-order valence-corrected chi connectivity index (χ1v) is 19.0. The predicted octanol–water partition coefficient (Wildman–Crippen LogP) is 13.4. The van der Waals surface area contributed by atoms with Gasteiger partial charge in [0.2, 0.25) is 0 Å². The first kappa shape index (κ1) is 31.5. The van der Waals surface area contributed by atoms with E-state index in [0.29, 0.717) is 17.5 Å². The number of rotatable bonds is 5. The van der Waals surface area contributed by atoms with Crippen LogP contribution in [0.1, 0.15) is 0 Å². The van der Waals surface area contributed by atoms with Crippen LogP contribution in [0.15, 0.2) is 191 Å². The molecule has 8 aromatic carbocycles. The van der Waals surface area contributed by atoms with Gasteiger partial charge in [0.1, 0.15) is 16.7 Å². The minimum atomic E-state index is 0.591. The maximum absolute atomic E-state index is 7.05. The largest absolute Gasteiger partial charge is 0.456 e. The van der Waals surface area contributed by atoms with E-state index < -0.39 is 0 Å². The topological polar surface area (TPSA) is 69.9 Å². The van der Waals surface area contributed by atoms with Crippen LogP contribution in [0.2, 0.25) is 0 Å². The Balaban J connectivity index is 1.06.